The molecule has 0 N–H and O–H groups in total. The predicted octanol–water partition coefficient (Wildman–Crippen LogP) is 4.75. The minimum atomic E-state index is -4.58. The second kappa shape index (κ2) is 10.7. The van der Waals surface area contributed by atoms with E-state index in [9.17, 15) is 13.2 Å². The van der Waals surface area contributed by atoms with Crippen LogP contribution in [0.4, 0.5) is 17.6 Å². The Balaban J connectivity index is 1.38. The van der Waals surface area contributed by atoms with Crippen LogP contribution in [-0.4, -0.2) is 54.9 Å². The van der Waals surface area contributed by atoms with Gasteiger partial charge in [0.2, 0.25) is 0 Å². The van der Waals surface area contributed by atoms with Gasteiger partial charge in [-0.2, -0.15) is 23.0 Å². The molecule has 0 aliphatic heterocycles. The van der Waals surface area contributed by atoms with Gasteiger partial charge in [-0.25, -0.2) is 4.39 Å². The molecule has 0 spiro atoms. The Hall–Kier alpha value is -5.05. The smallest absolute Gasteiger partial charge is 0.263 e. The summed E-state index contributed by atoms with van der Waals surface area (Å²) in [4.78, 5) is 8.04. The molecule has 42 heavy (non-hydrogen) atoms. The molecular weight excluding hydrogens is 578 g/mol. The van der Waals surface area contributed by atoms with Crippen molar-refractivity contribution in [1.29, 1.82) is 0 Å². The second-order valence-electron chi connectivity index (χ2n) is 9.22. The SMILES string of the molecule is Cn1cc(C[C@@H](c2ccc(-c3c(-n4cnnn4)ccc(Cl)c3F)cn2)n2cc(-c3ccnc(C(F)(F)F)c3)cn2)nn1. The molecule has 1 atom stereocenters. The molecule has 0 amide bonds. The van der Waals surface area contributed by atoms with E-state index < -0.39 is 23.7 Å². The van der Waals surface area contributed by atoms with E-state index in [1.807, 2.05) is 0 Å². The maximum atomic E-state index is 15.3. The summed E-state index contributed by atoms with van der Waals surface area (Å²) in [7, 11) is 1.73. The van der Waals surface area contributed by atoms with Crippen molar-refractivity contribution in [2.75, 3.05) is 0 Å². The molecule has 0 radical (unpaired) electrons. The standard InChI is InChI=1S/C26H18ClF4N11/c1-40-13-18(36-38-40)9-22(41-12-17(11-35-41)15-6-7-32-23(8-15)26(29,30)31)20-4-2-16(10-33-20)24-21(42-14-34-37-39-42)5-3-19(27)25(24)28/h2-8,10-14,22H,9H2,1H3/t22-/m0/s1. The van der Waals surface area contributed by atoms with Gasteiger partial charge >= 0.3 is 6.18 Å². The van der Waals surface area contributed by atoms with E-state index in [-0.39, 0.29) is 10.6 Å². The molecule has 0 saturated carbocycles. The number of aromatic nitrogens is 11. The van der Waals surface area contributed by atoms with Gasteiger partial charge in [-0.1, -0.05) is 22.9 Å². The molecule has 0 bridgehead atoms. The lowest BCUT2D eigenvalue weighted by molar-refractivity contribution is -0.141. The first-order valence-corrected chi connectivity index (χ1v) is 12.7. The van der Waals surface area contributed by atoms with Crippen molar-refractivity contribution in [1.82, 2.24) is 54.9 Å². The van der Waals surface area contributed by atoms with E-state index in [0.29, 0.717) is 40.2 Å². The maximum absolute atomic E-state index is 15.3. The minimum absolute atomic E-state index is 0.0831. The van der Waals surface area contributed by atoms with Crippen LogP contribution in [0.1, 0.15) is 23.1 Å². The Kier molecular flexibility index (Phi) is 6.94. The molecule has 0 unspecified atom stereocenters. The topological polar surface area (TPSA) is 118 Å². The first kappa shape index (κ1) is 27.1. The monoisotopic (exact) mass is 595 g/mol. The van der Waals surface area contributed by atoms with Crippen molar-refractivity contribution in [3.63, 3.8) is 0 Å². The van der Waals surface area contributed by atoms with E-state index in [1.165, 1.54) is 35.5 Å². The molecule has 6 rings (SSSR count). The summed E-state index contributed by atoms with van der Waals surface area (Å²) in [5, 5.41) is 23.6. The van der Waals surface area contributed by atoms with Crippen molar-refractivity contribution >= 4 is 11.6 Å². The summed E-state index contributed by atoms with van der Waals surface area (Å²) in [6.07, 6.45) is 4.48. The Morgan fingerprint density at radius 3 is 2.50 bits per heavy atom. The van der Waals surface area contributed by atoms with Crippen LogP contribution in [0.2, 0.25) is 5.02 Å². The third-order valence-corrected chi connectivity index (χ3v) is 6.73. The van der Waals surface area contributed by atoms with Gasteiger partial charge in [-0.15, -0.1) is 10.2 Å². The predicted molar refractivity (Wildman–Crippen MR) is 141 cm³/mol. The van der Waals surface area contributed by atoms with Gasteiger partial charge in [0.15, 0.2) is 5.82 Å². The Morgan fingerprint density at radius 1 is 0.952 bits per heavy atom. The maximum Gasteiger partial charge on any atom is 0.433 e. The highest BCUT2D eigenvalue weighted by atomic mass is 35.5. The zero-order valence-corrected chi connectivity index (χ0v) is 22.3. The van der Waals surface area contributed by atoms with Gasteiger partial charge in [-0.05, 0) is 46.3 Å². The molecule has 6 aromatic rings. The molecule has 5 heterocycles. The first-order valence-electron chi connectivity index (χ1n) is 12.3. The number of alkyl halides is 3. The number of hydrogen-bond acceptors (Lipinski definition) is 8. The fourth-order valence-electron chi connectivity index (χ4n) is 4.47. The quantitative estimate of drug-likeness (QED) is 0.243. The van der Waals surface area contributed by atoms with Gasteiger partial charge in [0, 0.05) is 54.9 Å². The lowest BCUT2D eigenvalue weighted by atomic mass is 10.0. The summed E-state index contributed by atoms with van der Waals surface area (Å²) >= 11 is 6.09. The molecule has 1 aromatic carbocycles. The Labute approximate surface area is 239 Å². The summed E-state index contributed by atoms with van der Waals surface area (Å²) in [6, 6.07) is 8.29. The second-order valence-corrected chi connectivity index (χ2v) is 9.63. The van der Waals surface area contributed by atoms with Crippen LogP contribution < -0.4 is 0 Å². The van der Waals surface area contributed by atoms with Crippen LogP contribution in [0.5, 0.6) is 0 Å². The highest BCUT2D eigenvalue weighted by Crippen LogP contribution is 2.34. The van der Waals surface area contributed by atoms with E-state index in [1.54, 1.807) is 47.0 Å². The van der Waals surface area contributed by atoms with Gasteiger partial charge < -0.3 is 0 Å². The van der Waals surface area contributed by atoms with Crippen molar-refractivity contribution in [2.24, 2.45) is 7.05 Å². The van der Waals surface area contributed by atoms with Crippen molar-refractivity contribution in [3.8, 4) is 27.9 Å². The molecular formula is C26H18ClF4N11. The van der Waals surface area contributed by atoms with E-state index >= 15 is 4.39 Å². The molecule has 0 aliphatic rings. The number of halogens is 5. The van der Waals surface area contributed by atoms with Gasteiger partial charge in [0.05, 0.1) is 34.3 Å². The molecule has 212 valence electrons. The van der Waals surface area contributed by atoms with Gasteiger partial charge in [0.1, 0.15) is 12.0 Å². The molecule has 5 aromatic heterocycles. The first-order chi connectivity index (χ1) is 20.2. The number of nitrogens with zero attached hydrogens (tertiary/aromatic N) is 11. The third-order valence-electron chi connectivity index (χ3n) is 6.44. The number of benzene rings is 1. The minimum Gasteiger partial charge on any atom is -0.263 e. The Morgan fingerprint density at radius 2 is 1.81 bits per heavy atom. The zero-order valence-electron chi connectivity index (χ0n) is 21.5. The molecule has 0 aliphatic carbocycles. The average molecular weight is 596 g/mol. The third kappa shape index (κ3) is 5.33. The highest BCUT2D eigenvalue weighted by Gasteiger charge is 2.32. The van der Waals surface area contributed by atoms with E-state index in [2.05, 4.69) is 40.9 Å². The van der Waals surface area contributed by atoms with Gasteiger partial charge in [-0.3, -0.25) is 19.3 Å². The number of aryl methyl sites for hydroxylation is 1. The van der Waals surface area contributed by atoms with Crippen molar-refractivity contribution < 1.29 is 17.6 Å². The van der Waals surface area contributed by atoms with Crippen LogP contribution in [0.15, 0.2) is 73.7 Å². The number of hydrogen-bond donors (Lipinski definition) is 0. The van der Waals surface area contributed by atoms with Crippen LogP contribution in [0, 0.1) is 5.82 Å². The lowest BCUT2D eigenvalue weighted by Crippen LogP contribution is -2.16. The van der Waals surface area contributed by atoms with Crippen LogP contribution in [0.3, 0.4) is 0 Å². The summed E-state index contributed by atoms with van der Waals surface area (Å²) in [5.74, 6) is -0.664. The van der Waals surface area contributed by atoms with Gasteiger partial charge in [0.25, 0.3) is 0 Å². The van der Waals surface area contributed by atoms with Crippen molar-refractivity contribution in [3.05, 3.63) is 102 Å². The van der Waals surface area contributed by atoms with Crippen LogP contribution >= 0.6 is 11.6 Å². The van der Waals surface area contributed by atoms with E-state index in [0.717, 1.165) is 12.3 Å². The van der Waals surface area contributed by atoms with Crippen LogP contribution in [0.25, 0.3) is 27.9 Å². The molecule has 0 saturated heterocycles. The van der Waals surface area contributed by atoms with E-state index in [4.69, 9.17) is 11.6 Å². The summed E-state index contributed by atoms with van der Waals surface area (Å²) < 4.78 is 59.5. The summed E-state index contributed by atoms with van der Waals surface area (Å²) in [6.45, 7) is 0. The largest absolute Gasteiger partial charge is 0.433 e. The number of tetrazole rings is 1. The normalized spacial score (nSPS) is 12.5. The molecule has 16 heteroatoms. The average Bonchev–Trinajstić information content (AvgIpc) is 3.76. The van der Waals surface area contributed by atoms with Crippen molar-refractivity contribution in [2.45, 2.75) is 18.6 Å². The zero-order chi connectivity index (χ0) is 29.4. The lowest BCUT2D eigenvalue weighted by Gasteiger charge is -2.17. The fourth-order valence-corrected chi connectivity index (χ4v) is 4.63. The van der Waals surface area contributed by atoms with Crippen LogP contribution in [-0.2, 0) is 19.6 Å². The number of pyridine rings is 2. The molecule has 11 nitrogen and oxygen atoms in total. The number of rotatable bonds is 7. The highest BCUT2D eigenvalue weighted by molar-refractivity contribution is 6.31. The summed E-state index contributed by atoms with van der Waals surface area (Å²) in [5.41, 5.74) is 1.86. The fraction of sp³-hybridized carbons (Fsp3) is 0.154. The Bertz CT molecular complexity index is 1850. The molecule has 0 fully saturated rings.